The largest absolute Gasteiger partial charge is 0.496 e. The van der Waals surface area contributed by atoms with E-state index in [0.717, 1.165) is 29.0 Å². The Morgan fingerprint density at radius 3 is 2.38 bits per heavy atom. The summed E-state index contributed by atoms with van der Waals surface area (Å²) in [7, 11) is 1.55. The number of imidazole rings is 1. The van der Waals surface area contributed by atoms with E-state index in [1.54, 1.807) is 25.6 Å². The van der Waals surface area contributed by atoms with Crippen LogP contribution < -0.4 is 9.47 Å². The minimum atomic E-state index is -4.38. The number of nitrogens with one attached hydrogen (secondary N) is 1. The number of alkyl halides is 3. The first-order valence-corrected chi connectivity index (χ1v) is 9.79. The molecule has 2 heterocycles. The predicted octanol–water partition coefficient (Wildman–Crippen LogP) is 6.05. The van der Waals surface area contributed by atoms with Gasteiger partial charge in [-0.05, 0) is 42.8 Å². The molecule has 0 aliphatic carbocycles. The first-order valence-electron chi connectivity index (χ1n) is 9.79. The van der Waals surface area contributed by atoms with Gasteiger partial charge in [0.1, 0.15) is 23.9 Å². The second-order valence-corrected chi connectivity index (χ2v) is 7.20. The zero-order valence-electron chi connectivity index (χ0n) is 17.4. The van der Waals surface area contributed by atoms with Gasteiger partial charge in [0.15, 0.2) is 0 Å². The highest BCUT2D eigenvalue weighted by Gasteiger charge is 2.30. The van der Waals surface area contributed by atoms with Gasteiger partial charge in [0, 0.05) is 23.4 Å². The van der Waals surface area contributed by atoms with Gasteiger partial charge in [0.05, 0.1) is 30.3 Å². The summed E-state index contributed by atoms with van der Waals surface area (Å²) in [5.74, 6) is 1.65. The van der Waals surface area contributed by atoms with Crippen molar-refractivity contribution in [3.05, 3.63) is 83.8 Å². The van der Waals surface area contributed by atoms with Crippen molar-refractivity contribution in [2.45, 2.75) is 19.7 Å². The van der Waals surface area contributed by atoms with Gasteiger partial charge in [-0.2, -0.15) is 13.2 Å². The van der Waals surface area contributed by atoms with E-state index in [1.165, 1.54) is 12.1 Å². The molecule has 4 aromatic rings. The third-order valence-corrected chi connectivity index (χ3v) is 4.88. The molecule has 2 aromatic heterocycles. The standard InChI is InChI=1S/C24H20F3N3O2/c1-15-3-8-18(28-12-15)14-32-19-9-10-20(22(11-19)31-2)21-13-29-23(30-21)16-4-6-17(7-5-16)24(25,26)27/h3-13H,14H2,1-2H3,(H,29,30). The first kappa shape index (κ1) is 21.4. The van der Waals surface area contributed by atoms with Crippen molar-refractivity contribution in [3.63, 3.8) is 0 Å². The number of pyridine rings is 1. The van der Waals surface area contributed by atoms with Gasteiger partial charge in [-0.1, -0.05) is 18.2 Å². The summed E-state index contributed by atoms with van der Waals surface area (Å²) in [6.45, 7) is 2.30. The number of nitrogens with zero attached hydrogens (tertiary/aromatic N) is 2. The summed E-state index contributed by atoms with van der Waals surface area (Å²) < 4.78 is 49.7. The van der Waals surface area contributed by atoms with E-state index in [2.05, 4.69) is 15.0 Å². The van der Waals surface area contributed by atoms with E-state index < -0.39 is 11.7 Å². The lowest BCUT2D eigenvalue weighted by Gasteiger charge is -2.11. The maximum Gasteiger partial charge on any atom is 0.416 e. The number of aromatic nitrogens is 3. The van der Waals surface area contributed by atoms with Gasteiger partial charge in [0.25, 0.3) is 0 Å². The number of hydrogen-bond donors (Lipinski definition) is 1. The molecule has 0 fully saturated rings. The number of rotatable bonds is 6. The molecule has 164 valence electrons. The van der Waals surface area contributed by atoms with Crippen molar-refractivity contribution in [2.24, 2.45) is 0 Å². The number of hydrogen-bond acceptors (Lipinski definition) is 4. The maximum absolute atomic E-state index is 12.8. The highest BCUT2D eigenvalue weighted by Crippen LogP contribution is 2.34. The van der Waals surface area contributed by atoms with Crippen LogP contribution in [0.4, 0.5) is 13.2 Å². The second-order valence-electron chi connectivity index (χ2n) is 7.20. The van der Waals surface area contributed by atoms with Crippen LogP contribution in [0.2, 0.25) is 0 Å². The van der Waals surface area contributed by atoms with Crippen molar-refractivity contribution >= 4 is 0 Å². The van der Waals surface area contributed by atoms with Crippen LogP contribution in [0.1, 0.15) is 16.8 Å². The Kier molecular flexibility index (Phi) is 5.85. The van der Waals surface area contributed by atoms with Gasteiger partial charge in [0.2, 0.25) is 0 Å². The fourth-order valence-electron chi connectivity index (χ4n) is 3.15. The molecular weight excluding hydrogens is 419 g/mol. The number of aromatic amines is 1. The van der Waals surface area contributed by atoms with E-state index in [9.17, 15) is 13.2 Å². The van der Waals surface area contributed by atoms with E-state index in [4.69, 9.17) is 9.47 Å². The van der Waals surface area contributed by atoms with E-state index in [1.807, 2.05) is 31.2 Å². The molecule has 0 saturated heterocycles. The molecule has 0 spiro atoms. The Morgan fingerprint density at radius 1 is 0.938 bits per heavy atom. The van der Waals surface area contributed by atoms with Crippen LogP contribution >= 0.6 is 0 Å². The van der Waals surface area contributed by atoms with Crippen LogP contribution in [-0.4, -0.2) is 22.1 Å². The summed E-state index contributed by atoms with van der Waals surface area (Å²) in [6.07, 6.45) is -0.976. The van der Waals surface area contributed by atoms with Gasteiger partial charge < -0.3 is 14.5 Å². The topological polar surface area (TPSA) is 60.0 Å². The lowest BCUT2D eigenvalue weighted by Crippen LogP contribution is -2.04. The Bertz CT molecular complexity index is 1200. The van der Waals surface area contributed by atoms with Gasteiger partial charge in [-0.3, -0.25) is 4.98 Å². The van der Waals surface area contributed by atoms with Gasteiger partial charge in [-0.15, -0.1) is 0 Å². The van der Waals surface area contributed by atoms with Gasteiger partial charge in [-0.25, -0.2) is 4.98 Å². The molecule has 0 amide bonds. The van der Waals surface area contributed by atoms with Crippen LogP contribution in [0.15, 0.2) is 67.0 Å². The lowest BCUT2D eigenvalue weighted by atomic mass is 10.1. The van der Waals surface area contributed by atoms with Gasteiger partial charge >= 0.3 is 6.18 Å². The summed E-state index contributed by atoms with van der Waals surface area (Å²) in [5, 5.41) is 0. The smallest absolute Gasteiger partial charge is 0.416 e. The Balaban J connectivity index is 1.52. The number of H-pyrrole nitrogens is 1. The van der Waals surface area contributed by atoms with Crippen LogP contribution in [-0.2, 0) is 12.8 Å². The third-order valence-electron chi connectivity index (χ3n) is 4.88. The molecule has 0 unspecified atom stereocenters. The van der Waals surface area contributed by atoms with Crippen LogP contribution in [0, 0.1) is 6.92 Å². The molecule has 4 rings (SSSR count). The monoisotopic (exact) mass is 439 g/mol. The van der Waals surface area contributed by atoms with Crippen molar-refractivity contribution < 1.29 is 22.6 Å². The fraction of sp³-hybridized carbons (Fsp3) is 0.167. The molecule has 0 bridgehead atoms. The minimum Gasteiger partial charge on any atom is -0.496 e. The Hall–Kier alpha value is -3.81. The summed E-state index contributed by atoms with van der Waals surface area (Å²) in [6, 6.07) is 14.1. The SMILES string of the molecule is COc1cc(OCc2ccc(C)cn2)ccc1-c1cnc(-c2ccc(C(F)(F)F)cc2)[nH]1. The highest BCUT2D eigenvalue weighted by atomic mass is 19.4. The molecule has 32 heavy (non-hydrogen) atoms. The van der Waals surface area contributed by atoms with Crippen molar-refractivity contribution in [1.29, 1.82) is 0 Å². The molecule has 0 saturated carbocycles. The van der Waals surface area contributed by atoms with Crippen LogP contribution in [0.5, 0.6) is 11.5 Å². The quantitative estimate of drug-likeness (QED) is 0.397. The van der Waals surface area contributed by atoms with Crippen LogP contribution in [0.3, 0.4) is 0 Å². The molecule has 1 N–H and O–H groups in total. The lowest BCUT2D eigenvalue weighted by molar-refractivity contribution is -0.137. The molecule has 0 atom stereocenters. The summed E-state index contributed by atoms with van der Waals surface area (Å²) >= 11 is 0. The average molecular weight is 439 g/mol. The fourth-order valence-corrected chi connectivity index (χ4v) is 3.15. The third kappa shape index (κ3) is 4.74. The number of methoxy groups -OCH3 is 1. The Morgan fingerprint density at radius 2 is 1.72 bits per heavy atom. The number of benzene rings is 2. The molecular formula is C24H20F3N3O2. The zero-order valence-corrected chi connectivity index (χ0v) is 17.4. The molecule has 0 radical (unpaired) electrons. The summed E-state index contributed by atoms with van der Waals surface area (Å²) in [4.78, 5) is 11.8. The van der Waals surface area contributed by atoms with E-state index >= 15 is 0 Å². The first-order chi connectivity index (χ1) is 15.3. The normalized spacial score (nSPS) is 11.4. The highest BCUT2D eigenvalue weighted by molar-refractivity contribution is 5.70. The zero-order chi connectivity index (χ0) is 22.7. The van der Waals surface area contributed by atoms with E-state index in [-0.39, 0.29) is 0 Å². The second kappa shape index (κ2) is 8.74. The van der Waals surface area contributed by atoms with Crippen LogP contribution in [0.25, 0.3) is 22.6 Å². The van der Waals surface area contributed by atoms with Crippen molar-refractivity contribution in [2.75, 3.05) is 7.11 Å². The average Bonchev–Trinajstić information content (AvgIpc) is 3.28. The molecule has 0 aliphatic rings. The molecule has 0 aliphatic heterocycles. The molecule has 2 aromatic carbocycles. The van der Waals surface area contributed by atoms with Crippen molar-refractivity contribution in [1.82, 2.24) is 15.0 Å². The van der Waals surface area contributed by atoms with E-state index in [0.29, 0.717) is 35.2 Å². The molecule has 5 nitrogen and oxygen atoms in total. The number of aryl methyl sites for hydroxylation is 1. The Labute approximate surface area is 182 Å². The maximum atomic E-state index is 12.8. The summed E-state index contributed by atoms with van der Waals surface area (Å²) in [5.41, 5.74) is 3.16. The minimum absolute atomic E-state index is 0.324. The predicted molar refractivity (Wildman–Crippen MR) is 114 cm³/mol. The van der Waals surface area contributed by atoms with Crippen molar-refractivity contribution in [3.8, 4) is 34.1 Å². The number of ether oxygens (including phenoxy) is 2. The number of halogens is 3. The molecule has 8 heteroatoms.